The smallest absolute Gasteiger partial charge is 0.261 e. The van der Waals surface area contributed by atoms with Crippen LogP contribution in [-0.4, -0.2) is 42.6 Å². The quantitative estimate of drug-likeness (QED) is 0.729. The molecule has 2 saturated carbocycles. The Kier molecular flexibility index (Phi) is 4.95. The number of hydrogen-bond donors (Lipinski definition) is 1. The predicted octanol–water partition coefficient (Wildman–Crippen LogP) is 3.27. The fourth-order valence-corrected chi connectivity index (χ4v) is 5.23. The molecule has 3 rings (SSSR count). The summed E-state index contributed by atoms with van der Waals surface area (Å²) < 4.78 is 6.44. The third kappa shape index (κ3) is 2.70. The van der Waals surface area contributed by atoms with Crippen LogP contribution in [0, 0.1) is 5.41 Å². The number of nitrogens with two attached hydrogens (primary N) is 1. The molecule has 2 aliphatic carbocycles. The highest BCUT2D eigenvalue weighted by Gasteiger charge is 2.66. The van der Waals surface area contributed by atoms with Gasteiger partial charge in [-0.25, -0.2) is 4.99 Å². The second-order valence-electron chi connectivity index (χ2n) is 7.22. The molecule has 25 heavy (non-hydrogen) atoms. The Bertz CT molecular complexity index is 674. The summed E-state index contributed by atoms with van der Waals surface area (Å²) in [6.45, 7) is 3.73. The van der Waals surface area contributed by atoms with Gasteiger partial charge >= 0.3 is 0 Å². The molecule has 3 aliphatic rings. The lowest BCUT2D eigenvalue weighted by atomic mass is 9.62. The molecule has 5 nitrogen and oxygen atoms in total. The van der Waals surface area contributed by atoms with E-state index in [1.165, 1.54) is 4.90 Å². The largest absolute Gasteiger partial charge is 0.381 e. The maximum atomic E-state index is 13.3. The van der Waals surface area contributed by atoms with Gasteiger partial charge in [0.05, 0.1) is 6.10 Å². The van der Waals surface area contributed by atoms with Crippen molar-refractivity contribution in [3.8, 4) is 0 Å². The highest BCUT2D eigenvalue weighted by atomic mass is 79.9. The van der Waals surface area contributed by atoms with Crippen LogP contribution in [0.3, 0.4) is 0 Å². The Labute approximate surface area is 157 Å². The molecule has 136 valence electrons. The first-order valence-corrected chi connectivity index (χ1v) is 9.55. The van der Waals surface area contributed by atoms with Crippen molar-refractivity contribution in [3.63, 3.8) is 0 Å². The second kappa shape index (κ2) is 6.72. The molecule has 2 fully saturated rings. The summed E-state index contributed by atoms with van der Waals surface area (Å²) >= 11 is 3.55. The van der Waals surface area contributed by atoms with E-state index in [4.69, 9.17) is 15.5 Å². The summed E-state index contributed by atoms with van der Waals surface area (Å²) in [6, 6.07) is 0. The SMILES string of the molecule is C=C/C=C(Br)\C=C1/CCC2(CCC(OC)CC2)C12N=C(N)N(C)C2=O. The van der Waals surface area contributed by atoms with Gasteiger partial charge < -0.3 is 10.5 Å². The molecule has 1 unspecified atom stereocenters. The number of guanidine groups is 1. The van der Waals surface area contributed by atoms with Gasteiger partial charge in [-0.05, 0) is 56.3 Å². The van der Waals surface area contributed by atoms with Crippen molar-refractivity contribution in [2.45, 2.75) is 50.2 Å². The average Bonchev–Trinajstić information content (AvgIpc) is 3.01. The molecular weight excluding hydrogens is 382 g/mol. The molecule has 0 aromatic rings. The minimum atomic E-state index is -0.863. The van der Waals surface area contributed by atoms with Crippen LogP contribution in [0.2, 0.25) is 0 Å². The Morgan fingerprint density at radius 3 is 2.64 bits per heavy atom. The molecule has 6 heteroatoms. The molecule has 1 aliphatic heterocycles. The van der Waals surface area contributed by atoms with Gasteiger partial charge in [0.2, 0.25) is 0 Å². The second-order valence-corrected chi connectivity index (χ2v) is 8.13. The number of nitrogens with zero attached hydrogens (tertiary/aromatic N) is 2. The van der Waals surface area contributed by atoms with E-state index >= 15 is 0 Å². The van der Waals surface area contributed by atoms with Crippen LogP contribution in [0.25, 0.3) is 0 Å². The van der Waals surface area contributed by atoms with Crippen LogP contribution < -0.4 is 5.73 Å². The van der Waals surface area contributed by atoms with E-state index in [1.807, 2.05) is 12.2 Å². The molecular formula is C19H26BrN3O2. The number of carbonyl (C=O) groups excluding carboxylic acids is 1. The van der Waals surface area contributed by atoms with E-state index < -0.39 is 5.54 Å². The van der Waals surface area contributed by atoms with Crippen molar-refractivity contribution in [2.75, 3.05) is 14.2 Å². The van der Waals surface area contributed by atoms with Crippen LogP contribution >= 0.6 is 15.9 Å². The molecule has 2 spiro atoms. The minimum absolute atomic E-state index is 0.00326. The van der Waals surface area contributed by atoms with Gasteiger partial charge in [-0.15, -0.1) is 0 Å². The van der Waals surface area contributed by atoms with Gasteiger partial charge in [-0.3, -0.25) is 9.69 Å². The number of carbonyl (C=O) groups is 1. The summed E-state index contributed by atoms with van der Waals surface area (Å²) in [6.07, 6.45) is 11.5. The number of allylic oxidation sites excluding steroid dienone is 4. The molecule has 1 heterocycles. The number of aliphatic imine (C=N–C) groups is 1. The molecule has 0 aromatic carbocycles. The van der Waals surface area contributed by atoms with Crippen LogP contribution in [0.15, 0.2) is 39.9 Å². The van der Waals surface area contributed by atoms with E-state index in [-0.39, 0.29) is 17.4 Å². The van der Waals surface area contributed by atoms with Gasteiger partial charge in [0.1, 0.15) is 0 Å². The van der Waals surface area contributed by atoms with Crippen molar-refractivity contribution < 1.29 is 9.53 Å². The fourth-order valence-electron chi connectivity index (χ4n) is 4.77. The summed E-state index contributed by atoms with van der Waals surface area (Å²) in [4.78, 5) is 19.6. The maximum absolute atomic E-state index is 13.3. The lowest BCUT2D eigenvalue weighted by molar-refractivity contribution is -0.134. The average molecular weight is 408 g/mol. The highest BCUT2D eigenvalue weighted by molar-refractivity contribution is 9.11. The van der Waals surface area contributed by atoms with Crippen molar-refractivity contribution in [3.05, 3.63) is 34.9 Å². The summed E-state index contributed by atoms with van der Waals surface area (Å²) in [5, 5.41) is 0. The molecule has 0 bridgehead atoms. The Hall–Kier alpha value is -1.40. The van der Waals surface area contributed by atoms with Gasteiger partial charge in [-0.1, -0.05) is 28.6 Å². The summed E-state index contributed by atoms with van der Waals surface area (Å²) in [5.41, 5.74) is 6.10. The van der Waals surface area contributed by atoms with Crippen LogP contribution in [0.5, 0.6) is 0 Å². The number of likely N-dealkylation sites (N-methyl/N-ethyl adjacent to an activating group) is 1. The highest BCUT2D eigenvalue weighted by Crippen LogP contribution is 2.61. The third-order valence-electron chi connectivity index (χ3n) is 6.16. The van der Waals surface area contributed by atoms with Gasteiger partial charge in [0.15, 0.2) is 11.5 Å². The number of methoxy groups -OCH3 is 1. The van der Waals surface area contributed by atoms with Crippen molar-refractivity contribution >= 4 is 27.8 Å². The summed E-state index contributed by atoms with van der Waals surface area (Å²) in [5.74, 6) is 0.318. The van der Waals surface area contributed by atoms with Gasteiger partial charge in [0, 0.05) is 24.1 Å². The summed E-state index contributed by atoms with van der Waals surface area (Å²) in [7, 11) is 3.48. The Morgan fingerprint density at radius 1 is 1.44 bits per heavy atom. The Balaban J connectivity index is 2.08. The monoisotopic (exact) mass is 407 g/mol. The van der Waals surface area contributed by atoms with E-state index in [2.05, 4.69) is 22.5 Å². The zero-order valence-electron chi connectivity index (χ0n) is 14.9. The predicted molar refractivity (Wildman–Crippen MR) is 103 cm³/mol. The lowest BCUT2D eigenvalue weighted by Crippen LogP contribution is -2.53. The third-order valence-corrected chi connectivity index (χ3v) is 6.65. The molecule has 1 amide bonds. The van der Waals surface area contributed by atoms with Crippen molar-refractivity contribution in [1.82, 2.24) is 4.90 Å². The number of hydrogen-bond acceptors (Lipinski definition) is 4. The standard InChI is InChI=1S/C19H26BrN3O2/c1-4-5-14(20)12-13-6-9-18(10-7-15(25-3)8-11-18)19(13)16(24)23(2)17(21)22-19/h4-5,12,15H,1,6-11H2,2-3H3,(H2,21,22)/b13-12+,14-5+. The lowest BCUT2D eigenvalue weighted by Gasteiger charge is -2.45. The Morgan fingerprint density at radius 2 is 2.12 bits per heavy atom. The van der Waals surface area contributed by atoms with Crippen LogP contribution in [0.4, 0.5) is 0 Å². The van der Waals surface area contributed by atoms with E-state index in [0.717, 1.165) is 48.6 Å². The first-order chi connectivity index (χ1) is 11.9. The zero-order chi connectivity index (χ0) is 18.2. The maximum Gasteiger partial charge on any atom is 0.261 e. The fraction of sp³-hybridized carbons (Fsp3) is 0.579. The van der Waals surface area contributed by atoms with Gasteiger partial charge in [-0.2, -0.15) is 0 Å². The van der Waals surface area contributed by atoms with Gasteiger partial charge in [0.25, 0.3) is 5.91 Å². The zero-order valence-corrected chi connectivity index (χ0v) is 16.5. The molecule has 1 atom stereocenters. The number of amides is 1. The van der Waals surface area contributed by atoms with Crippen LogP contribution in [-0.2, 0) is 9.53 Å². The van der Waals surface area contributed by atoms with E-state index in [0.29, 0.717) is 5.96 Å². The molecule has 0 saturated heterocycles. The minimum Gasteiger partial charge on any atom is -0.381 e. The first kappa shape index (κ1) is 18.4. The topological polar surface area (TPSA) is 67.9 Å². The number of halogens is 1. The number of ether oxygens (including phenoxy) is 1. The molecule has 0 radical (unpaired) electrons. The number of rotatable bonds is 3. The van der Waals surface area contributed by atoms with E-state index in [1.54, 1.807) is 20.2 Å². The first-order valence-electron chi connectivity index (χ1n) is 8.76. The molecule has 0 aromatic heterocycles. The number of fused-ring (bicyclic) bond motifs is 1. The normalized spacial score (nSPS) is 37.4. The van der Waals surface area contributed by atoms with Crippen molar-refractivity contribution in [1.29, 1.82) is 0 Å². The van der Waals surface area contributed by atoms with Crippen LogP contribution in [0.1, 0.15) is 38.5 Å². The van der Waals surface area contributed by atoms with Crippen molar-refractivity contribution in [2.24, 2.45) is 16.1 Å². The molecule has 2 N–H and O–H groups in total. The van der Waals surface area contributed by atoms with E-state index in [9.17, 15) is 4.79 Å².